The van der Waals surface area contributed by atoms with Crippen LogP contribution in [0.15, 0.2) is 170 Å². The van der Waals surface area contributed by atoms with Crippen LogP contribution in [0.2, 0.25) is 0 Å². The maximum atomic E-state index is 6.67. The average molecular weight is 578 g/mol. The molecule has 0 spiro atoms. The molecule has 0 bridgehead atoms. The third-order valence-electron chi connectivity index (χ3n) is 8.67. The smallest absolute Gasteiger partial charge is 0.137 e. The molecule has 45 heavy (non-hydrogen) atoms. The Hall–Kier alpha value is -5.86. The van der Waals surface area contributed by atoms with Gasteiger partial charge in [0.25, 0.3) is 0 Å². The van der Waals surface area contributed by atoms with Crippen molar-refractivity contribution in [3.05, 3.63) is 176 Å². The van der Waals surface area contributed by atoms with Gasteiger partial charge in [0.15, 0.2) is 0 Å². The summed E-state index contributed by atoms with van der Waals surface area (Å²) in [5.41, 5.74) is 11.5. The van der Waals surface area contributed by atoms with Gasteiger partial charge in [-0.15, -0.1) is 0 Å². The SMILES string of the molecule is C=C/C(=C\C=C/Cc1ccc(-c2ccccc2)cc1)n1c2ccccc2c2cc3c(cc21)Oc1ccccc1-c1ccccc1-3. The van der Waals surface area contributed by atoms with Crippen molar-refractivity contribution in [2.75, 3.05) is 0 Å². The van der Waals surface area contributed by atoms with Gasteiger partial charge in [0, 0.05) is 33.7 Å². The zero-order valence-corrected chi connectivity index (χ0v) is 24.9. The lowest BCUT2D eigenvalue weighted by Gasteiger charge is -2.12. The number of para-hydroxylation sites is 2. The molecule has 0 fully saturated rings. The maximum Gasteiger partial charge on any atom is 0.137 e. The van der Waals surface area contributed by atoms with Crippen LogP contribution in [0.5, 0.6) is 11.5 Å². The largest absolute Gasteiger partial charge is 0.456 e. The highest BCUT2D eigenvalue weighted by atomic mass is 16.5. The van der Waals surface area contributed by atoms with Crippen molar-refractivity contribution in [2.24, 2.45) is 0 Å². The molecule has 1 aromatic heterocycles. The minimum absolute atomic E-state index is 0.849. The molecule has 0 atom stereocenters. The quantitative estimate of drug-likeness (QED) is 0.179. The minimum Gasteiger partial charge on any atom is -0.456 e. The van der Waals surface area contributed by atoms with Gasteiger partial charge in [0.1, 0.15) is 11.5 Å². The molecule has 2 nitrogen and oxygen atoms in total. The number of aromatic nitrogens is 1. The maximum absolute atomic E-state index is 6.67. The van der Waals surface area contributed by atoms with Gasteiger partial charge in [-0.2, -0.15) is 0 Å². The molecular weight excluding hydrogens is 546 g/mol. The Labute approximate surface area is 263 Å². The van der Waals surface area contributed by atoms with Crippen LogP contribution >= 0.6 is 0 Å². The number of ether oxygens (including phenoxy) is 1. The molecule has 1 aliphatic rings. The molecule has 0 amide bonds. The van der Waals surface area contributed by atoms with Crippen LogP contribution < -0.4 is 4.74 Å². The van der Waals surface area contributed by atoms with E-state index >= 15 is 0 Å². The lowest BCUT2D eigenvalue weighted by atomic mass is 9.94. The molecule has 2 heterocycles. The Morgan fingerprint density at radius 3 is 2.04 bits per heavy atom. The van der Waals surface area contributed by atoms with Gasteiger partial charge in [-0.05, 0) is 64.6 Å². The highest BCUT2D eigenvalue weighted by molar-refractivity contribution is 6.13. The lowest BCUT2D eigenvalue weighted by molar-refractivity contribution is 0.488. The van der Waals surface area contributed by atoms with E-state index in [1.54, 1.807) is 0 Å². The summed E-state index contributed by atoms with van der Waals surface area (Å²) in [7, 11) is 0. The average Bonchev–Trinajstić information content (AvgIpc) is 3.34. The summed E-state index contributed by atoms with van der Waals surface area (Å²) in [6, 6.07) is 49.3. The first-order valence-electron chi connectivity index (χ1n) is 15.4. The van der Waals surface area contributed by atoms with Gasteiger partial charge in [0.05, 0.1) is 11.0 Å². The topological polar surface area (TPSA) is 14.2 Å². The van der Waals surface area contributed by atoms with Gasteiger partial charge < -0.3 is 9.30 Å². The predicted octanol–water partition coefficient (Wildman–Crippen LogP) is 11.7. The Balaban J connectivity index is 1.19. The van der Waals surface area contributed by atoms with Crippen LogP contribution in [0.4, 0.5) is 0 Å². The van der Waals surface area contributed by atoms with Crippen LogP contribution in [0, 0.1) is 0 Å². The zero-order chi connectivity index (χ0) is 30.2. The monoisotopic (exact) mass is 577 g/mol. The number of nitrogens with zero attached hydrogens (tertiary/aromatic N) is 1. The number of hydrogen-bond acceptors (Lipinski definition) is 1. The molecule has 0 unspecified atom stereocenters. The van der Waals surface area contributed by atoms with Crippen LogP contribution in [-0.4, -0.2) is 4.57 Å². The van der Waals surface area contributed by atoms with E-state index in [0.29, 0.717) is 0 Å². The standard InChI is InChI=1S/C43H31NO/c1-2-33(17-7-6-14-30-24-26-32(27-25-30)31-15-4-3-5-16-31)44-40-22-12-10-20-36(40)38-28-39-35-19-9-8-18-34(35)37-21-11-13-23-42(37)45-43(39)29-41(38)44/h2-13,15-29H,1,14H2/b7-6-,33-17+. The van der Waals surface area contributed by atoms with Crippen LogP contribution in [0.25, 0.3) is 60.9 Å². The highest BCUT2D eigenvalue weighted by Crippen LogP contribution is 2.49. The Kier molecular flexibility index (Phi) is 6.73. The van der Waals surface area contributed by atoms with Gasteiger partial charge in [-0.3, -0.25) is 0 Å². The zero-order valence-electron chi connectivity index (χ0n) is 24.9. The molecule has 1 aliphatic heterocycles. The van der Waals surface area contributed by atoms with Crippen LogP contribution in [0.3, 0.4) is 0 Å². The fourth-order valence-electron chi connectivity index (χ4n) is 6.49. The molecule has 214 valence electrons. The summed E-state index contributed by atoms with van der Waals surface area (Å²) in [6.45, 7) is 4.21. The van der Waals surface area contributed by atoms with Gasteiger partial charge in [-0.25, -0.2) is 0 Å². The molecule has 0 N–H and O–H groups in total. The second-order valence-electron chi connectivity index (χ2n) is 11.4. The number of benzene rings is 6. The van der Waals surface area contributed by atoms with Gasteiger partial charge in [-0.1, -0.05) is 134 Å². The van der Waals surface area contributed by atoms with E-state index in [0.717, 1.165) is 45.8 Å². The molecule has 0 aliphatic carbocycles. The lowest BCUT2D eigenvalue weighted by Crippen LogP contribution is -1.95. The third-order valence-corrected chi connectivity index (χ3v) is 8.67. The fourth-order valence-corrected chi connectivity index (χ4v) is 6.49. The summed E-state index contributed by atoms with van der Waals surface area (Å²) in [5, 5.41) is 2.38. The van der Waals surface area contributed by atoms with Crippen molar-refractivity contribution in [1.29, 1.82) is 0 Å². The van der Waals surface area contributed by atoms with E-state index < -0.39 is 0 Å². The summed E-state index contributed by atoms with van der Waals surface area (Å²) in [4.78, 5) is 0. The van der Waals surface area contributed by atoms with E-state index in [4.69, 9.17) is 4.74 Å². The number of fused-ring (bicyclic) bond motifs is 8. The van der Waals surface area contributed by atoms with Crippen LogP contribution in [0.1, 0.15) is 5.56 Å². The first kappa shape index (κ1) is 26.7. The Morgan fingerprint density at radius 1 is 0.578 bits per heavy atom. The first-order chi connectivity index (χ1) is 22.3. The molecular formula is C43H31NO. The minimum atomic E-state index is 0.849. The molecule has 0 saturated carbocycles. The summed E-state index contributed by atoms with van der Waals surface area (Å²) < 4.78 is 8.96. The normalized spacial score (nSPS) is 12.4. The van der Waals surface area contributed by atoms with Crippen molar-refractivity contribution in [1.82, 2.24) is 4.57 Å². The van der Waals surface area contributed by atoms with E-state index in [-0.39, 0.29) is 0 Å². The van der Waals surface area contributed by atoms with E-state index in [1.807, 2.05) is 18.2 Å². The molecule has 6 aromatic carbocycles. The second-order valence-corrected chi connectivity index (χ2v) is 11.4. The summed E-state index contributed by atoms with van der Waals surface area (Å²) in [5.74, 6) is 1.71. The van der Waals surface area contributed by atoms with Crippen molar-refractivity contribution in [3.63, 3.8) is 0 Å². The van der Waals surface area contributed by atoms with Crippen molar-refractivity contribution < 1.29 is 4.74 Å². The number of hydrogen-bond donors (Lipinski definition) is 0. The van der Waals surface area contributed by atoms with Crippen molar-refractivity contribution in [3.8, 4) is 44.9 Å². The van der Waals surface area contributed by atoms with Crippen molar-refractivity contribution >= 4 is 27.5 Å². The van der Waals surface area contributed by atoms with E-state index in [9.17, 15) is 0 Å². The third kappa shape index (κ3) is 4.77. The number of rotatable bonds is 6. The number of allylic oxidation sites excluding steroid dienone is 5. The fraction of sp³-hybridized carbons (Fsp3) is 0.0233. The molecule has 0 radical (unpaired) electrons. The second kappa shape index (κ2) is 11.3. The molecule has 7 aromatic rings. The molecule has 0 saturated heterocycles. The Bertz CT molecular complexity index is 2270. The predicted molar refractivity (Wildman–Crippen MR) is 190 cm³/mol. The highest BCUT2D eigenvalue weighted by Gasteiger charge is 2.23. The summed E-state index contributed by atoms with van der Waals surface area (Å²) >= 11 is 0. The van der Waals surface area contributed by atoms with E-state index in [1.165, 1.54) is 38.6 Å². The molecule has 8 rings (SSSR count). The van der Waals surface area contributed by atoms with E-state index in [2.05, 4.69) is 157 Å². The first-order valence-corrected chi connectivity index (χ1v) is 15.4. The summed E-state index contributed by atoms with van der Waals surface area (Å²) in [6.07, 6.45) is 9.27. The van der Waals surface area contributed by atoms with Crippen molar-refractivity contribution in [2.45, 2.75) is 6.42 Å². The molecule has 2 heteroatoms. The van der Waals surface area contributed by atoms with Gasteiger partial charge >= 0.3 is 0 Å². The van der Waals surface area contributed by atoms with Crippen LogP contribution in [-0.2, 0) is 6.42 Å². The van der Waals surface area contributed by atoms with Gasteiger partial charge in [0.2, 0.25) is 0 Å². The Morgan fingerprint density at radius 2 is 1.24 bits per heavy atom.